The molecule has 2 N–H and O–H groups in total. The number of halogens is 1. The molecule has 1 unspecified atom stereocenters. The molecule has 1 aliphatic heterocycles. The summed E-state index contributed by atoms with van der Waals surface area (Å²) in [7, 11) is 0. The van der Waals surface area contributed by atoms with E-state index in [-0.39, 0.29) is 23.1 Å². The molecule has 1 atom stereocenters. The van der Waals surface area contributed by atoms with E-state index in [1.54, 1.807) is 0 Å². The van der Waals surface area contributed by atoms with Gasteiger partial charge in [-0.25, -0.2) is 0 Å². The highest BCUT2D eigenvalue weighted by molar-refractivity contribution is 8.00. The van der Waals surface area contributed by atoms with Crippen LogP contribution in [0, 0.1) is 6.92 Å². The van der Waals surface area contributed by atoms with Crippen molar-refractivity contribution >= 4 is 30.1 Å². The van der Waals surface area contributed by atoms with Crippen LogP contribution in [0.4, 0.5) is 0 Å². The SMILES string of the molecule is Cc1ccc(SC2(CNC(=O)c3ccn(C4CCCNC4)n3)CCCC2)cc1.Cl. The molecule has 1 saturated heterocycles. The molecule has 1 aliphatic carbocycles. The fourth-order valence-corrected chi connectivity index (χ4v) is 5.65. The summed E-state index contributed by atoms with van der Waals surface area (Å²) in [4.78, 5) is 14.0. The van der Waals surface area contributed by atoms with E-state index >= 15 is 0 Å². The van der Waals surface area contributed by atoms with Crippen LogP contribution in [0.3, 0.4) is 0 Å². The first-order chi connectivity index (χ1) is 13.6. The molecular formula is C22H31ClN4OS. The number of carbonyl (C=O) groups excluding carboxylic acids is 1. The van der Waals surface area contributed by atoms with E-state index in [4.69, 9.17) is 0 Å². The van der Waals surface area contributed by atoms with Gasteiger partial charge in [0.05, 0.1) is 6.04 Å². The molecule has 2 aliphatic rings. The summed E-state index contributed by atoms with van der Waals surface area (Å²) in [5, 5.41) is 11.1. The van der Waals surface area contributed by atoms with Crippen LogP contribution >= 0.6 is 24.2 Å². The second-order valence-corrected chi connectivity index (χ2v) is 9.71. The van der Waals surface area contributed by atoms with Crippen LogP contribution in [-0.2, 0) is 0 Å². The van der Waals surface area contributed by atoms with Gasteiger partial charge in [-0.05, 0) is 57.4 Å². The zero-order valence-corrected chi connectivity index (χ0v) is 18.7. The second kappa shape index (κ2) is 10.0. The van der Waals surface area contributed by atoms with Crippen molar-refractivity contribution in [2.45, 2.75) is 61.1 Å². The lowest BCUT2D eigenvalue weighted by Crippen LogP contribution is -2.39. The highest BCUT2D eigenvalue weighted by atomic mass is 35.5. The number of thioether (sulfide) groups is 1. The van der Waals surface area contributed by atoms with Gasteiger partial charge in [0, 0.05) is 28.9 Å². The first-order valence-corrected chi connectivity index (χ1v) is 11.3. The summed E-state index contributed by atoms with van der Waals surface area (Å²) in [5.41, 5.74) is 1.81. The Morgan fingerprint density at radius 1 is 1.24 bits per heavy atom. The van der Waals surface area contributed by atoms with E-state index in [1.807, 2.05) is 28.7 Å². The van der Waals surface area contributed by atoms with Gasteiger partial charge in [-0.2, -0.15) is 5.10 Å². The first kappa shape index (κ1) is 22.2. The minimum atomic E-state index is -0.0571. The molecular weight excluding hydrogens is 404 g/mol. The van der Waals surface area contributed by atoms with Crippen LogP contribution in [0.1, 0.15) is 60.6 Å². The number of rotatable bonds is 6. The van der Waals surface area contributed by atoms with Crippen LogP contribution in [-0.4, -0.2) is 40.1 Å². The Bertz CT molecular complexity index is 795. The summed E-state index contributed by atoms with van der Waals surface area (Å²) in [6, 6.07) is 10.9. The Kier molecular flexibility index (Phi) is 7.66. The Morgan fingerprint density at radius 3 is 2.69 bits per heavy atom. The molecule has 2 fully saturated rings. The minimum absolute atomic E-state index is 0. The smallest absolute Gasteiger partial charge is 0.271 e. The molecule has 1 aromatic carbocycles. The maximum absolute atomic E-state index is 12.7. The topological polar surface area (TPSA) is 59.0 Å². The number of aromatic nitrogens is 2. The van der Waals surface area contributed by atoms with Crippen LogP contribution < -0.4 is 10.6 Å². The summed E-state index contributed by atoms with van der Waals surface area (Å²) in [6.45, 7) is 4.82. The third-order valence-electron chi connectivity index (χ3n) is 5.93. The van der Waals surface area contributed by atoms with Crippen molar-refractivity contribution in [2.75, 3.05) is 19.6 Å². The number of carbonyl (C=O) groups is 1. The summed E-state index contributed by atoms with van der Waals surface area (Å²) in [5.74, 6) is -0.0571. The van der Waals surface area contributed by atoms with Crippen LogP contribution in [0.2, 0.25) is 0 Å². The summed E-state index contributed by atoms with van der Waals surface area (Å²) in [6.07, 6.45) is 8.98. The van der Waals surface area contributed by atoms with Crippen molar-refractivity contribution in [2.24, 2.45) is 0 Å². The number of amides is 1. The molecule has 29 heavy (non-hydrogen) atoms. The summed E-state index contributed by atoms with van der Waals surface area (Å²) < 4.78 is 2.05. The molecule has 158 valence electrons. The van der Waals surface area contributed by atoms with Crippen molar-refractivity contribution < 1.29 is 4.79 Å². The highest BCUT2D eigenvalue weighted by Gasteiger charge is 2.35. The number of hydrogen-bond acceptors (Lipinski definition) is 4. The number of benzene rings is 1. The molecule has 1 saturated carbocycles. The van der Waals surface area contributed by atoms with E-state index in [2.05, 4.69) is 46.9 Å². The van der Waals surface area contributed by atoms with Crippen LogP contribution in [0.15, 0.2) is 41.4 Å². The lowest BCUT2D eigenvalue weighted by molar-refractivity contribution is 0.0943. The van der Waals surface area contributed by atoms with Gasteiger partial charge in [0.2, 0.25) is 0 Å². The number of nitrogens with zero attached hydrogens (tertiary/aromatic N) is 2. The molecule has 5 nitrogen and oxygen atoms in total. The van der Waals surface area contributed by atoms with E-state index < -0.39 is 0 Å². The van der Waals surface area contributed by atoms with Gasteiger partial charge in [-0.3, -0.25) is 9.48 Å². The molecule has 7 heteroatoms. The number of nitrogens with one attached hydrogen (secondary N) is 2. The van der Waals surface area contributed by atoms with Gasteiger partial charge in [0.1, 0.15) is 5.69 Å². The molecule has 4 rings (SSSR count). The zero-order valence-electron chi connectivity index (χ0n) is 17.0. The van der Waals surface area contributed by atoms with E-state index in [1.165, 1.54) is 23.3 Å². The Morgan fingerprint density at radius 2 is 2.00 bits per heavy atom. The van der Waals surface area contributed by atoms with Gasteiger partial charge >= 0.3 is 0 Å². The predicted molar refractivity (Wildman–Crippen MR) is 121 cm³/mol. The molecule has 2 heterocycles. The third kappa shape index (κ3) is 5.56. The number of hydrogen-bond donors (Lipinski definition) is 2. The van der Waals surface area contributed by atoms with Crippen molar-refractivity contribution in [1.29, 1.82) is 0 Å². The summed E-state index contributed by atoms with van der Waals surface area (Å²) >= 11 is 1.92. The minimum Gasteiger partial charge on any atom is -0.349 e. The van der Waals surface area contributed by atoms with Gasteiger partial charge in [-0.1, -0.05) is 30.5 Å². The van der Waals surface area contributed by atoms with Crippen molar-refractivity contribution in [3.63, 3.8) is 0 Å². The molecule has 0 radical (unpaired) electrons. The Balaban J connectivity index is 0.00000240. The van der Waals surface area contributed by atoms with Gasteiger partial charge in [-0.15, -0.1) is 24.2 Å². The zero-order chi connectivity index (χ0) is 19.4. The van der Waals surface area contributed by atoms with E-state index in [0.717, 1.165) is 38.8 Å². The van der Waals surface area contributed by atoms with Gasteiger partial charge in [0.15, 0.2) is 0 Å². The van der Waals surface area contributed by atoms with Crippen molar-refractivity contribution in [3.05, 3.63) is 47.8 Å². The quantitative estimate of drug-likeness (QED) is 0.708. The highest BCUT2D eigenvalue weighted by Crippen LogP contribution is 2.44. The maximum atomic E-state index is 12.7. The van der Waals surface area contributed by atoms with Crippen LogP contribution in [0.25, 0.3) is 0 Å². The largest absolute Gasteiger partial charge is 0.349 e. The number of aryl methyl sites for hydroxylation is 1. The average Bonchev–Trinajstić information content (AvgIpc) is 3.39. The first-order valence-electron chi connectivity index (χ1n) is 10.4. The van der Waals surface area contributed by atoms with Crippen LogP contribution in [0.5, 0.6) is 0 Å². The Hall–Kier alpha value is -1.50. The van der Waals surface area contributed by atoms with Crippen molar-refractivity contribution in [3.8, 4) is 0 Å². The third-order valence-corrected chi connectivity index (χ3v) is 7.42. The fraction of sp³-hybridized carbons (Fsp3) is 0.545. The van der Waals surface area contributed by atoms with Crippen molar-refractivity contribution in [1.82, 2.24) is 20.4 Å². The maximum Gasteiger partial charge on any atom is 0.271 e. The lowest BCUT2D eigenvalue weighted by atomic mass is 10.1. The predicted octanol–water partition coefficient (Wildman–Crippen LogP) is 4.37. The normalized spacial score (nSPS) is 20.8. The molecule has 1 aromatic heterocycles. The fourth-order valence-electron chi connectivity index (χ4n) is 4.24. The monoisotopic (exact) mass is 434 g/mol. The number of piperidine rings is 1. The molecule has 1 amide bonds. The average molecular weight is 435 g/mol. The van der Waals surface area contributed by atoms with Gasteiger partial charge < -0.3 is 10.6 Å². The standard InChI is InChI=1S/C22H30N4OS.ClH/c1-17-6-8-19(9-7-17)28-22(11-2-3-12-22)16-24-21(27)20-10-14-26(25-20)18-5-4-13-23-15-18;/h6-10,14,18,23H,2-5,11-13,15-16H2,1H3,(H,24,27);1H. The second-order valence-electron chi connectivity index (χ2n) is 8.17. The Labute approximate surface area is 183 Å². The van der Waals surface area contributed by atoms with E-state index in [9.17, 15) is 4.79 Å². The molecule has 0 spiro atoms. The molecule has 2 aromatic rings. The lowest BCUT2D eigenvalue weighted by Gasteiger charge is -2.28. The van der Waals surface area contributed by atoms with E-state index in [0.29, 0.717) is 18.3 Å². The molecule has 0 bridgehead atoms. The van der Waals surface area contributed by atoms with Gasteiger partial charge in [0.25, 0.3) is 5.91 Å².